The molecule has 2 aromatic carbocycles. The number of ether oxygens (including phenoxy) is 1. The van der Waals surface area contributed by atoms with Crippen LogP contribution in [0.4, 0.5) is 0 Å². The quantitative estimate of drug-likeness (QED) is 0.724. The third kappa shape index (κ3) is 2.86. The van der Waals surface area contributed by atoms with Crippen LogP contribution in [0.3, 0.4) is 0 Å². The molecule has 0 saturated carbocycles. The van der Waals surface area contributed by atoms with Crippen LogP contribution in [0.15, 0.2) is 48.5 Å². The number of benzene rings is 2. The molecule has 3 rings (SSSR count). The van der Waals surface area contributed by atoms with E-state index in [2.05, 4.69) is 10.1 Å². The van der Waals surface area contributed by atoms with Gasteiger partial charge in [0.05, 0.1) is 12.8 Å². The van der Waals surface area contributed by atoms with Gasteiger partial charge in [0.25, 0.3) is 0 Å². The van der Waals surface area contributed by atoms with Crippen LogP contribution in [-0.2, 0) is 0 Å². The van der Waals surface area contributed by atoms with Gasteiger partial charge in [-0.05, 0) is 60.1 Å². The van der Waals surface area contributed by atoms with Crippen LogP contribution in [0.25, 0.3) is 17.1 Å². The minimum absolute atomic E-state index is 0.191. The van der Waals surface area contributed by atoms with Gasteiger partial charge < -0.3 is 4.74 Å². The summed E-state index contributed by atoms with van der Waals surface area (Å²) in [6.45, 7) is 0. The molecule has 0 spiro atoms. The molecule has 1 aromatic heterocycles. The molecule has 4 nitrogen and oxygen atoms in total. The minimum Gasteiger partial charge on any atom is -0.497 e. The first kappa shape index (κ1) is 13.9. The molecular formula is C15H11Cl2N3O. The number of aromatic nitrogens is 3. The normalized spacial score (nSPS) is 10.6. The van der Waals surface area contributed by atoms with Crippen molar-refractivity contribution in [2.75, 3.05) is 7.11 Å². The van der Waals surface area contributed by atoms with Crippen molar-refractivity contribution in [2.45, 2.75) is 0 Å². The van der Waals surface area contributed by atoms with E-state index in [1.807, 2.05) is 36.4 Å². The Kier molecular flexibility index (Phi) is 3.82. The molecular weight excluding hydrogens is 309 g/mol. The molecule has 21 heavy (non-hydrogen) atoms. The van der Waals surface area contributed by atoms with Gasteiger partial charge in [0, 0.05) is 10.6 Å². The Morgan fingerprint density at radius 3 is 2.24 bits per heavy atom. The topological polar surface area (TPSA) is 39.9 Å². The number of rotatable bonds is 3. The van der Waals surface area contributed by atoms with E-state index in [0.717, 1.165) is 17.0 Å². The zero-order chi connectivity index (χ0) is 14.8. The lowest BCUT2D eigenvalue weighted by Crippen LogP contribution is -1.99. The van der Waals surface area contributed by atoms with Crippen molar-refractivity contribution in [2.24, 2.45) is 0 Å². The molecule has 0 bridgehead atoms. The van der Waals surface area contributed by atoms with E-state index >= 15 is 0 Å². The molecule has 106 valence electrons. The Morgan fingerprint density at radius 1 is 0.952 bits per heavy atom. The van der Waals surface area contributed by atoms with Crippen LogP contribution in [0.5, 0.6) is 5.75 Å². The van der Waals surface area contributed by atoms with E-state index in [1.165, 1.54) is 0 Å². The van der Waals surface area contributed by atoms with Gasteiger partial charge in [-0.2, -0.15) is 4.98 Å². The van der Waals surface area contributed by atoms with Gasteiger partial charge in [-0.25, -0.2) is 4.68 Å². The second-order valence-corrected chi connectivity index (χ2v) is 5.10. The zero-order valence-electron chi connectivity index (χ0n) is 11.1. The monoisotopic (exact) mass is 319 g/mol. The highest BCUT2D eigenvalue weighted by Gasteiger charge is 2.12. The molecule has 1 heterocycles. The molecule has 6 heteroatoms. The van der Waals surface area contributed by atoms with Crippen molar-refractivity contribution in [1.29, 1.82) is 0 Å². The average molecular weight is 320 g/mol. The van der Waals surface area contributed by atoms with Crippen molar-refractivity contribution in [1.82, 2.24) is 14.8 Å². The van der Waals surface area contributed by atoms with Crippen molar-refractivity contribution in [3.8, 4) is 22.8 Å². The van der Waals surface area contributed by atoms with Crippen LogP contribution >= 0.6 is 23.2 Å². The average Bonchev–Trinajstić information content (AvgIpc) is 2.90. The van der Waals surface area contributed by atoms with Crippen LogP contribution in [0.2, 0.25) is 10.3 Å². The Labute approximate surface area is 131 Å². The van der Waals surface area contributed by atoms with Crippen molar-refractivity contribution in [3.63, 3.8) is 0 Å². The first-order valence-corrected chi connectivity index (χ1v) is 6.96. The molecule has 0 saturated heterocycles. The van der Waals surface area contributed by atoms with E-state index in [0.29, 0.717) is 10.8 Å². The Hall–Kier alpha value is -2.04. The van der Waals surface area contributed by atoms with Crippen LogP contribution in [-0.4, -0.2) is 21.9 Å². The van der Waals surface area contributed by atoms with E-state index in [-0.39, 0.29) is 5.28 Å². The summed E-state index contributed by atoms with van der Waals surface area (Å²) in [6, 6.07) is 14.9. The number of nitrogens with zero attached hydrogens (tertiary/aromatic N) is 3. The van der Waals surface area contributed by atoms with Gasteiger partial charge in [-0.1, -0.05) is 11.6 Å². The van der Waals surface area contributed by atoms with Crippen molar-refractivity contribution in [3.05, 3.63) is 58.8 Å². The zero-order valence-corrected chi connectivity index (χ0v) is 12.6. The number of halogens is 2. The first-order valence-electron chi connectivity index (χ1n) is 6.20. The molecule has 3 aromatic rings. The highest BCUT2D eigenvalue weighted by atomic mass is 35.5. The van der Waals surface area contributed by atoms with Crippen molar-refractivity contribution >= 4 is 23.2 Å². The summed E-state index contributed by atoms with van der Waals surface area (Å²) in [4.78, 5) is 4.28. The standard InChI is InChI=1S/C15H11Cl2N3O/c1-21-13-8-2-10(3-9-13)14-18-15(17)19-20(14)12-6-4-11(16)5-7-12/h2-9H,1H3. The van der Waals surface area contributed by atoms with E-state index in [4.69, 9.17) is 27.9 Å². The maximum absolute atomic E-state index is 5.96. The van der Waals surface area contributed by atoms with Gasteiger partial charge in [-0.3, -0.25) is 0 Å². The van der Waals surface area contributed by atoms with E-state index < -0.39 is 0 Å². The molecule has 0 radical (unpaired) electrons. The van der Waals surface area contributed by atoms with Crippen LogP contribution in [0.1, 0.15) is 0 Å². The van der Waals surface area contributed by atoms with Gasteiger partial charge in [0.15, 0.2) is 5.82 Å². The van der Waals surface area contributed by atoms with Crippen LogP contribution < -0.4 is 4.74 Å². The summed E-state index contributed by atoms with van der Waals surface area (Å²) in [5, 5.41) is 5.08. The van der Waals surface area contributed by atoms with Crippen LogP contribution in [0, 0.1) is 0 Å². The van der Waals surface area contributed by atoms with E-state index in [1.54, 1.807) is 23.9 Å². The van der Waals surface area contributed by atoms with Gasteiger partial charge >= 0.3 is 0 Å². The Morgan fingerprint density at radius 2 is 1.62 bits per heavy atom. The lowest BCUT2D eigenvalue weighted by atomic mass is 10.2. The summed E-state index contributed by atoms with van der Waals surface area (Å²) < 4.78 is 6.84. The fraction of sp³-hybridized carbons (Fsp3) is 0.0667. The lowest BCUT2D eigenvalue weighted by molar-refractivity contribution is 0.415. The first-order chi connectivity index (χ1) is 10.2. The summed E-state index contributed by atoms with van der Waals surface area (Å²) >= 11 is 11.9. The fourth-order valence-electron chi connectivity index (χ4n) is 1.98. The largest absolute Gasteiger partial charge is 0.497 e. The molecule has 0 amide bonds. The summed E-state index contributed by atoms with van der Waals surface area (Å²) in [6.07, 6.45) is 0. The third-order valence-corrected chi connectivity index (χ3v) is 3.41. The summed E-state index contributed by atoms with van der Waals surface area (Å²) in [5.41, 5.74) is 1.73. The second-order valence-electron chi connectivity index (χ2n) is 4.32. The predicted octanol–water partition coefficient (Wildman–Crippen LogP) is 4.25. The molecule has 0 atom stereocenters. The van der Waals surface area contributed by atoms with Gasteiger partial charge in [-0.15, -0.1) is 5.10 Å². The SMILES string of the molecule is COc1ccc(-c2nc(Cl)nn2-c2ccc(Cl)cc2)cc1. The van der Waals surface area contributed by atoms with Crippen molar-refractivity contribution < 1.29 is 4.74 Å². The van der Waals surface area contributed by atoms with Gasteiger partial charge in [0.1, 0.15) is 5.75 Å². The number of hydrogen-bond donors (Lipinski definition) is 0. The Balaban J connectivity index is 2.08. The highest BCUT2D eigenvalue weighted by molar-refractivity contribution is 6.30. The van der Waals surface area contributed by atoms with Gasteiger partial charge in [0.2, 0.25) is 5.28 Å². The lowest BCUT2D eigenvalue weighted by Gasteiger charge is -2.06. The molecule has 0 unspecified atom stereocenters. The molecule has 0 aliphatic heterocycles. The fourth-order valence-corrected chi connectivity index (χ4v) is 2.26. The number of hydrogen-bond acceptors (Lipinski definition) is 3. The smallest absolute Gasteiger partial charge is 0.243 e. The van der Waals surface area contributed by atoms with E-state index in [9.17, 15) is 0 Å². The third-order valence-electron chi connectivity index (χ3n) is 3.00. The number of methoxy groups -OCH3 is 1. The second kappa shape index (κ2) is 5.76. The Bertz CT molecular complexity index is 752. The molecule has 0 N–H and O–H groups in total. The predicted molar refractivity (Wildman–Crippen MR) is 83.4 cm³/mol. The maximum atomic E-state index is 5.96. The maximum Gasteiger partial charge on any atom is 0.243 e. The summed E-state index contributed by atoms with van der Waals surface area (Å²) in [5.74, 6) is 1.44. The minimum atomic E-state index is 0.191. The molecule has 0 aliphatic carbocycles. The highest BCUT2D eigenvalue weighted by Crippen LogP contribution is 2.25. The molecule has 0 aliphatic rings. The molecule has 0 fully saturated rings. The summed E-state index contributed by atoms with van der Waals surface area (Å²) in [7, 11) is 1.63.